The molecule has 4 aliphatic rings. The van der Waals surface area contributed by atoms with Crippen LogP contribution in [0.15, 0.2) is 152 Å². The third kappa shape index (κ3) is 5.96. The van der Waals surface area contributed by atoms with E-state index in [1.807, 2.05) is 0 Å². The standard InChI is InChI=1S/C56H53N/c1-56(2)53-34-44(48-20-12-11-19-47(48)38-13-5-3-6-14-38)25-29-49(53)50-30-28-46(36-54(50)56)57(45-26-23-40(24-27-45)51-32-37-21-22-43(51)31-37)55-35-42-18-10-9-17-41(42)33-52(55)39-15-7-4-8-16-39/h3,5-6,9-14,17-20,23-30,33-37,39,43,51H,4,7-8,15-16,21-22,31-32H2,1-2H3. The van der Waals surface area contributed by atoms with Gasteiger partial charge in [-0.2, -0.15) is 0 Å². The molecule has 1 heteroatoms. The Morgan fingerprint density at radius 2 is 1.14 bits per heavy atom. The third-order valence-corrected chi connectivity index (χ3v) is 14.7. The van der Waals surface area contributed by atoms with Crippen LogP contribution in [0.2, 0.25) is 0 Å². The summed E-state index contributed by atoms with van der Waals surface area (Å²) in [5, 5.41) is 2.66. The summed E-state index contributed by atoms with van der Waals surface area (Å²) in [6, 6.07) is 58.2. The van der Waals surface area contributed by atoms with Crippen molar-refractivity contribution in [3.8, 4) is 33.4 Å². The van der Waals surface area contributed by atoms with Gasteiger partial charge in [0.2, 0.25) is 0 Å². The molecule has 0 aliphatic heterocycles. The van der Waals surface area contributed by atoms with Crippen molar-refractivity contribution in [3.63, 3.8) is 0 Å². The van der Waals surface area contributed by atoms with Crippen molar-refractivity contribution < 1.29 is 0 Å². The van der Waals surface area contributed by atoms with Crippen molar-refractivity contribution in [2.75, 3.05) is 4.90 Å². The molecular formula is C56H53N. The van der Waals surface area contributed by atoms with Crippen LogP contribution >= 0.6 is 0 Å². The summed E-state index contributed by atoms with van der Waals surface area (Å²) in [6.07, 6.45) is 12.2. The first-order valence-electron chi connectivity index (χ1n) is 21.9. The molecule has 0 amide bonds. The number of hydrogen-bond donors (Lipinski definition) is 0. The van der Waals surface area contributed by atoms with E-state index in [1.165, 1.54) is 136 Å². The van der Waals surface area contributed by atoms with Gasteiger partial charge in [0.15, 0.2) is 0 Å². The normalized spacial score (nSPS) is 20.8. The van der Waals surface area contributed by atoms with Gasteiger partial charge in [0.05, 0.1) is 5.69 Å². The van der Waals surface area contributed by atoms with Gasteiger partial charge in [-0.1, -0.05) is 149 Å². The number of benzene rings is 7. The van der Waals surface area contributed by atoms with Crippen LogP contribution in [-0.2, 0) is 5.41 Å². The molecule has 1 nitrogen and oxygen atoms in total. The Kier molecular flexibility index (Phi) is 8.50. The van der Waals surface area contributed by atoms with E-state index in [0.29, 0.717) is 5.92 Å². The van der Waals surface area contributed by atoms with Gasteiger partial charge in [-0.15, -0.1) is 0 Å². The predicted molar refractivity (Wildman–Crippen MR) is 241 cm³/mol. The van der Waals surface area contributed by atoms with Gasteiger partial charge in [-0.05, 0) is 165 Å². The Morgan fingerprint density at radius 3 is 1.86 bits per heavy atom. The van der Waals surface area contributed by atoms with Crippen molar-refractivity contribution in [3.05, 3.63) is 174 Å². The highest BCUT2D eigenvalue weighted by atomic mass is 15.1. The molecule has 7 aromatic rings. The van der Waals surface area contributed by atoms with E-state index >= 15 is 0 Å². The van der Waals surface area contributed by atoms with Gasteiger partial charge < -0.3 is 4.90 Å². The molecule has 3 unspecified atom stereocenters. The van der Waals surface area contributed by atoms with E-state index in [-0.39, 0.29) is 5.41 Å². The van der Waals surface area contributed by atoms with Crippen molar-refractivity contribution in [2.45, 2.75) is 88.9 Å². The Balaban J connectivity index is 1.04. The quantitative estimate of drug-likeness (QED) is 0.157. The summed E-state index contributed by atoms with van der Waals surface area (Å²) in [6.45, 7) is 4.87. The lowest BCUT2D eigenvalue weighted by molar-refractivity contribution is 0.420. The van der Waals surface area contributed by atoms with Crippen LogP contribution in [0.3, 0.4) is 0 Å². The van der Waals surface area contributed by atoms with Crippen LogP contribution in [0, 0.1) is 11.8 Å². The Bertz CT molecular complexity index is 2610. The average molecular weight is 740 g/mol. The van der Waals surface area contributed by atoms with Gasteiger partial charge >= 0.3 is 0 Å². The van der Waals surface area contributed by atoms with Crippen LogP contribution in [0.5, 0.6) is 0 Å². The number of fused-ring (bicyclic) bond motifs is 6. The average Bonchev–Trinajstić information content (AvgIpc) is 3.97. The summed E-state index contributed by atoms with van der Waals surface area (Å²) in [5.41, 5.74) is 17.4. The maximum Gasteiger partial charge on any atom is 0.0502 e. The first-order chi connectivity index (χ1) is 28.0. The molecule has 11 rings (SSSR count). The minimum atomic E-state index is -0.161. The summed E-state index contributed by atoms with van der Waals surface area (Å²) < 4.78 is 0. The first kappa shape index (κ1) is 34.8. The number of anilines is 3. The predicted octanol–water partition coefficient (Wildman–Crippen LogP) is 15.9. The second kappa shape index (κ2) is 13.9. The van der Waals surface area contributed by atoms with Crippen LogP contribution < -0.4 is 4.90 Å². The lowest BCUT2D eigenvalue weighted by atomic mass is 9.80. The van der Waals surface area contributed by atoms with E-state index < -0.39 is 0 Å². The highest BCUT2D eigenvalue weighted by molar-refractivity contribution is 5.93. The summed E-state index contributed by atoms with van der Waals surface area (Å²) in [4.78, 5) is 2.63. The summed E-state index contributed by atoms with van der Waals surface area (Å²) in [5.74, 6) is 3.12. The molecule has 0 saturated heterocycles. The molecule has 2 bridgehead atoms. The van der Waals surface area contributed by atoms with E-state index in [4.69, 9.17) is 0 Å². The van der Waals surface area contributed by atoms with Crippen LogP contribution in [0.25, 0.3) is 44.2 Å². The van der Waals surface area contributed by atoms with Crippen LogP contribution in [-0.4, -0.2) is 0 Å². The minimum Gasteiger partial charge on any atom is -0.310 e. The van der Waals surface area contributed by atoms with Gasteiger partial charge in [0.25, 0.3) is 0 Å². The second-order valence-electron chi connectivity index (χ2n) is 18.3. The lowest BCUT2D eigenvalue weighted by Gasteiger charge is -2.33. The largest absolute Gasteiger partial charge is 0.310 e. The highest BCUT2D eigenvalue weighted by Gasteiger charge is 2.40. The maximum atomic E-state index is 2.63. The van der Waals surface area contributed by atoms with Crippen molar-refractivity contribution in [1.82, 2.24) is 0 Å². The van der Waals surface area contributed by atoms with Crippen molar-refractivity contribution in [1.29, 1.82) is 0 Å². The Hall–Kier alpha value is -5.40. The Morgan fingerprint density at radius 1 is 0.491 bits per heavy atom. The lowest BCUT2D eigenvalue weighted by Crippen LogP contribution is -2.18. The molecule has 57 heavy (non-hydrogen) atoms. The molecule has 282 valence electrons. The van der Waals surface area contributed by atoms with Crippen LogP contribution in [0.4, 0.5) is 17.1 Å². The fourth-order valence-corrected chi connectivity index (χ4v) is 11.8. The van der Waals surface area contributed by atoms with Gasteiger partial charge in [0.1, 0.15) is 0 Å². The molecule has 0 N–H and O–H groups in total. The van der Waals surface area contributed by atoms with E-state index in [9.17, 15) is 0 Å². The molecule has 0 spiro atoms. The molecular weight excluding hydrogens is 687 g/mol. The smallest absolute Gasteiger partial charge is 0.0502 e. The zero-order chi connectivity index (χ0) is 38.1. The molecule has 4 aliphatic carbocycles. The molecule has 3 fully saturated rings. The second-order valence-corrected chi connectivity index (χ2v) is 18.3. The first-order valence-corrected chi connectivity index (χ1v) is 21.9. The summed E-state index contributed by atoms with van der Waals surface area (Å²) >= 11 is 0. The topological polar surface area (TPSA) is 3.24 Å². The molecule has 0 heterocycles. The number of hydrogen-bond acceptors (Lipinski definition) is 1. The monoisotopic (exact) mass is 739 g/mol. The van der Waals surface area contributed by atoms with Crippen molar-refractivity contribution in [2.24, 2.45) is 11.8 Å². The minimum absolute atomic E-state index is 0.161. The fraction of sp³-hybridized carbons (Fsp3) is 0.286. The number of nitrogens with zero attached hydrogens (tertiary/aromatic N) is 1. The summed E-state index contributed by atoms with van der Waals surface area (Å²) in [7, 11) is 0. The zero-order valence-electron chi connectivity index (χ0n) is 33.6. The SMILES string of the molecule is CC1(C)c2cc(-c3ccccc3-c3ccccc3)ccc2-c2ccc(N(c3ccc(C4CC5CCC4C5)cc3)c3cc4ccccc4cc3C3CCCCC3)cc21. The maximum absolute atomic E-state index is 2.63. The number of rotatable bonds is 7. The highest BCUT2D eigenvalue weighted by Crippen LogP contribution is 2.55. The molecule has 7 aromatic carbocycles. The molecule has 3 saturated carbocycles. The van der Waals surface area contributed by atoms with Crippen molar-refractivity contribution >= 4 is 27.8 Å². The molecule has 0 aromatic heterocycles. The molecule has 3 atom stereocenters. The van der Waals surface area contributed by atoms with E-state index in [2.05, 4.69) is 170 Å². The van der Waals surface area contributed by atoms with Gasteiger partial charge in [-0.3, -0.25) is 0 Å². The van der Waals surface area contributed by atoms with Gasteiger partial charge in [-0.25, -0.2) is 0 Å². The zero-order valence-corrected chi connectivity index (χ0v) is 33.6. The van der Waals surface area contributed by atoms with Crippen LogP contribution in [0.1, 0.15) is 106 Å². The fourth-order valence-electron chi connectivity index (χ4n) is 11.8. The van der Waals surface area contributed by atoms with Gasteiger partial charge in [0, 0.05) is 16.8 Å². The van der Waals surface area contributed by atoms with E-state index in [0.717, 1.165) is 17.8 Å². The van der Waals surface area contributed by atoms with E-state index in [1.54, 1.807) is 5.56 Å². The molecule has 0 radical (unpaired) electrons. The third-order valence-electron chi connectivity index (χ3n) is 14.7. The Labute approximate surface area is 339 Å².